The van der Waals surface area contributed by atoms with E-state index < -0.39 is 0 Å². The molecule has 1 heterocycles. The molecule has 0 bridgehead atoms. The largest absolute Gasteiger partial charge is 0.484 e. The Morgan fingerprint density at radius 1 is 1.11 bits per heavy atom. The number of amides is 2. The van der Waals surface area contributed by atoms with Crippen LogP contribution in [0.5, 0.6) is 5.75 Å². The van der Waals surface area contributed by atoms with Crippen LogP contribution in [0.25, 0.3) is 0 Å². The number of nitrogens with one attached hydrogen (secondary N) is 2. The lowest BCUT2D eigenvalue weighted by Gasteiger charge is -2.25. The molecular weight excluding hydrogens is 340 g/mol. The van der Waals surface area contributed by atoms with Gasteiger partial charge >= 0.3 is 0 Å². The van der Waals surface area contributed by atoms with E-state index in [1.807, 2.05) is 12.1 Å². The van der Waals surface area contributed by atoms with Gasteiger partial charge in [0.05, 0.1) is 0 Å². The molecule has 2 aliphatic rings. The summed E-state index contributed by atoms with van der Waals surface area (Å²) in [4.78, 5) is 23.6. The number of hydrogen-bond donors (Lipinski definition) is 2. The Labute approximate surface area is 159 Å². The van der Waals surface area contributed by atoms with E-state index in [0.717, 1.165) is 24.1 Å². The van der Waals surface area contributed by atoms with Gasteiger partial charge in [-0.15, -0.1) is 0 Å². The molecule has 140 valence electrons. The first-order valence-corrected chi connectivity index (χ1v) is 9.59. The summed E-state index contributed by atoms with van der Waals surface area (Å²) in [5, 5.41) is 5.85. The van der Waals surface area contributed by atoms with Gasteiger partial charge in [-0.3, -0.25) is 9.59 Å². The monoisotopic (exact) mass is 364 g/mol. The summed E-state index contributed by atoms with van der Waals surface area (Å²) in [7, 11) is 0. The van der Waals surface area contributed by atoms with Crippen LogP contribution < -0.4 is 15.4 Å². The quantitative estimate of drug-likeness (QED) is 0.856. The summed E-state index contributed by atoms with van der Waals surface area (Å²) in [6.07, 6.45) is 4.59. The minimum Gasteiger partial charge on any atom is -0.484 e. The van der Waals surface area contributed by atoms with Crippen molar-refractivity contribution in [2.75, 3.05) is 18.5 Å². The average molecular weight is 364 g/mol. The number of benzene rings is 2. The number of rotatable bonds is 5. The topological polar surface area (TPSA) is 67.4 Å². The van der Waals surface area contributed by atoms with Crippen molar-refractivity contribution in [3.63, 3.8) is 0 Å². The van der Waals surface area contributed by atoms with Crippen LogP contribution in [-0.2, 0) is 22.4 Å². The van der Waals surface area contributed by atoms with E-state index in [1.54, 1.807) is 6.07 Å². The second kappa shape index (κ2) is 7.82. The predicted molar refractivity (Wildman–Crippen MR) is 104 cm³/mol. The maximum absolute atomic E-state index is 12.2. The first-order valence-electron chi connectivity index (χ1n) is 9.59. The molecule has 5 heteroatoms. The van der Waals surface area contributed by atoms with Crippen LogP contribution in [0.15, 0.2) is 42.5 Å². The van der Waals surface area contributed by atoms with Gasteiger partial charge in [0.15, 0.2) is 6.61 Å². The second-order valence-corrected chi connectivity index (χ2v) is 7.25. The van der Waals surface area contributed by atoms with Crippen LogP contribution in [0.2, 0.25) is 0 Å². The predicted octanol–water partition coefficient (Wildman–Crippen LogP) is 3.19. The van der Waals surface area contributed by atoms with Crippen molar-refractivity contribution in [1.82, 2.24) is 5.32 Å². The zero-order valence-electron chi connectivity index (χ0n) is 15.3. The van der Waals surface area contributed by atoms with Crippen molar-refractivity contribution in [2.45, 2.75) is 38.0 Å². The molecule has 1 aliphatic heterocycles. The van der Waals surface area contributed by atoms with E-state index in [0.29, 0.717) is 31.1 Å². The molecule has 0 spiro atoms. The van der Waals surface area contributed by atoms with Crippen molar-refractivity contribution in [2.24, 2.45) is 0 Å². The molecule has 4 rings (SSSR count). The van der Waals surface area contributed by atoms with E-state index in [9.17, 15) is 9.59 Å². The molecule has 1 atom stereocenters. The molecular formula is C22H24N2O3. The smallest absolute Gasteiger partial charge is 0.257 e. The average Bonchev–Trinajstić information content (AvgIpc) is 2.70. The third-order valence-corrected chi connectivity index (χ3v) is 5.38. The summed E-state index contributed by atoms with van der Waals surface area (Å²) in [5.41, 5.74) is 4.65. The summed E-state index contributed by atoms with van der Waals surface area (Å²) in [5.74, 6) is 0.971. The van der Waals surface area contributed by atoms with Gasteiger partial charge in [-0.05, 0) is 60.6 Å². The summed E-state index contributed by atoms with van der Waals surface area (Å²) in [6, 6.07) is 14.0. The number of aryl methyl sites for hydroxylation is 2. The van der Waals surface area contributed by atoms with E-state index in [1.165, 1.54) is 17.5 Å². The maximum Gasteiger partial charge on any atom is 0.257 e. The van der Waals surface area contributed by atoms with Gasteiger partial charge in [-0.25, -0.2) is 0 Å². The molecule has 5 nitrogen and oxygen atoms in total. The zero-order valence-corrected chi connectivity index (χ0v) is 15.3. The standard InChI is InChI=1S/C22H24N2O3/c25-21-11-8-16-12-18(9-10-20(16)24-21)27-14-22(26)23-13-17-6-3-5-15-4-1-2-7-19(15)17/h1-2,4,7,9-10,12,17H,3,5-6,8,11,13-14H2,(H,23,26)(H,24,25). The number of ether oxygens (including phenoxy) is 1. The SMILES string of the molecule is O=C(COc1ccc2c(c1)CCC(=O)N2)NCC1CCCc2ccccc21. The van der Waals surface area contributed by atoms with Gasteiger partial charge in [0.25, 0.3) is 5.91 Å². The van der Waals surface area contributed by atoms with Crippen LogP contribution in [-0.4, -0.2) is 25.0 Å². The highest BCUT2D eigenvalue weighted by Gasteiger charge is 2.20. The lowest BCUT2D eigenvalue weighted by Crippen LogP contribution is -2.33. The molecule has 0 saturated carbocycles. The summed E-state index contributed by atoms with van der Waals surface area (Å²) in [6.45, 7) is 0.648. The van der Waals surface area contributed by atoms with E-state index >= 15 is 0 Å². The van der Waals surface area contributed by atoms with Crippen molar-refractivity contribution in [1.29, 1.82) is 0 Å². The number of carbonyl (C=O) groups is 2. The van der Waals surface area contributed by atoms with Crippen molar-refractivity contribution >= 4 is 17.5 Å². The van der Waals surface area contributed by atoms with Crippen LogP contribution >= 0.6 is 0 Å². The Bertz CT molecular complexity index is 862. The number of anilines is 1. The van der Waals surface area contributed by atoms with Gasteiger partial charge in [-0.1, -0.05) is 24.3 Å². The van der Waals surface area contributed by atoms with Crippen LogP contribution in [0, 0.1) is 0 Å². The fourth-order valence-corrected chi connectivity index (χ4v) is 3.95. The van der Waals surface area contributed by atoms with Crippen LogP contribution in [0.3, 0.4) is 0 Å². The normalized spacial score (nSPS) is 18.1. The maximum atomic E-state index is 12.2. The molecule has 0 aromatic heterocycles. The molecule has 27 heavy (non-hydrogen) atoms. The molecule has 0 radical (unpaired) electrons. The molecule has 2 aromatic rings. The molecule has 2 aromatic carbocycles. The molecule has 2 N–H and O–H groups in total. The highest BCUT2D eigenvalue weighted by atomic mass is 16.5. The molecule has 1 unspecified atom stereocenters. The molecule has 1 aliphatic carbocycles. The first kappa shape index (κ1) is 17.6. The van der Waals surface area contributed by atoms with E-state index in [4.69, 9.17) is 4.74 Å². The van der Waals surface area contributed by atoms with Gasteiger partial charge in [-0.2, -0.15) is 0 Å². The fourth-order valence-electron chi connectivity index (χ4n) is 3.95. The van der Waals surface area contributed by atoms with Crippen molar-refractivity contribution in [3.8, 4) is 5.75 Å². The van der Waals surface area contributed by atoms with Gasteiger partial charge in [0.2, 0.25) is 5.91 Å². The number of hydrogen-bond acceptors (Lipinski definition) is 3. The second-order valence-electron chi connectivity index (χ2n) is 7.25. The van der Waals surface area contributed by atoms with Gasteiger partial charge in [0, 0.05) is 24.6 Å². The Morgan fingerprint density at radius 2 is 2.00 bits per heavy atom. The zero-order chi connectivity index (χ0) is 18.6. The minimum atomic E-state index is -0.107. The van der Waals surface area contributed by atoms with Gasteiger partial charge < -0.3 is 15.4 Å². The Hall–Kier alpha value is -2.82. The Balaban J connectivity index is 1.29. The Morgan fingerprint density at radius 3 is 2.93 bits per heavy atom. The van der Waals surface area contributed by atoms with E-state index in [-0.39, 0.29) is 18.4 Å². The lowest BCUT2D eigenvalue weighted by molar-refractivity contribution is -0.123. The van der Waals surface area contributed by atoms with E-state index in [2.05, 4.69) is 34.9 Å². The van der Waals surface area contributed by atoms with Crippen molar-refractivity contribution in [3.05, 3.63) is 59.2 Å². The first-order chi connectivity index (χ1) is 13.2. The summed E-state index contributed by atoms with van der Waals surface area (Å²) >= 11 is 0. The fraction of sp³-hybridized carbons (Fsp3) is 0.364. The molecule has 0 saturated heterocycles. The highest BCUT2D eigenvalue weighted by molar-refractivity contribution is 5.94. The third kappa shape index (κ3) is 4.13. The molecule has 2 amide bonds. The van der Waals surface area contributed by atoms with Gasteiger partial charge in [0.1, 0.15) is 5.75 Å². The van der Waals surface area contributed by atoms with Crippen LogP contribution in [0.4, 0.5) is 5.69 Å². The summed E-state index contributed by atoms with van der Waals surface area (Å²) < 4.78 is 5.65. The molecule has 0 fully saturated rings. The number of carbonyl (C=O) groups excluding carboxylic acids is 2. The highest BCUT2D eigenvalue weighted by Crippen LogP contribution is 2.31. The van der Waals surface area contributed by atoms with Crippen LogP contribution in [0.1, 0.15) is 41.9 Å². The lowest BCUT2D eigenvalue weighted by atomic mass is 9.83. The Kier molecular flexibility index (Phi) is 5.10. The third-order valence-electron chi connectivity index (χ3n) is 5.38. The number of fused-ring (bicyclic) bond motifs is 2. The van der Waals surface area contributed by atoms with Crippen molar-refractivity contribution < 1.29 is 14.3 Å². The minimum absolute atomic E-state index is 0.000484.